The highest BCUT2D eigenvalue weighted by Crippen LogP contribution is 2.37. The zero-order valence-electron chi connectivity index (χ0n) is 7.50. The van der Waals surface area contributed by atoms with Crippen molar-refractivity contribution in [3.8, 4) is 17.2 Å². The summed E-state index contributed by atoms with van der Waals surface area (Å²) < 4.78 is 10.1. The van der Waals surface area contributed by atoms with E-state index in [1.54, 1.807) is 6.07 Å². The van der Waals surface area contributed by atoms with Gasteiger partial charge in [-0.1, -0.05) is 0 Å². The summed E-state index contributed by atoms with van der Waals surface area (Å²) in [4.78, 5) is 0. The molecule has 0 radical (unpaired) electrons. The van der Waals surface area contributed by atoms with Gasteiger partial charge >= 0.3 is 0 Å². The second kappa shape index (κ2) is 4.23. The molecule has 3 nitrogen and oxygen atoms in total. The predicted octanol–water partition coefficient (Wildman–Crippen LogP) is 2.15. The maximum Gasteiger partial charge on any atom is 0.168 e. The van der Waals surface area contributed by atoms with E-state index >= 15 is 0 Å². The van der Waals surface area contributed by atoms with E-state index in [0.29, 0.717) is 17.1 Å². The molecule has 0 atom stereocenters. The molecule has 0 aromatic heterocycles. The van der Waals surface area contributed by atoms with Crippen LogP contribution >= 0.6 is 11.6 Å². The zero-order chi connectivity index (χ0) is 9.84. The van der Waals surface area contributed by atoms with Gasteiger partial charge in [-0.2, -0.15) is 0 Å². The van der Waals surface area contributed by atoms with Crippen LogP contribution in [-0.4, -0.2) is 19.3 Å². The molecule has 1 aromatic carbocycles. The van der Waals surface area contributed by atoms with Crippen LogP contribution in [0.2, 0.25) is 0 Å². The van der Waals surface area contributed by atoms with Crippen LogP contribution in [0.25, 0.3) is 0 Å². The van der Waals surface area contributed by atoms with Crippen LogP contribution in [0.5, 0.6) is 17.2 Å². The van der Waals surface area contributed by atoms with Gasteiger partial charge in [0, 0.05) is 0 Å². The average molecular weight is 203 g/mol. The number of phenolic OH excluding ortho intramolecular Hbond substituents is 1. The lowest BCUT2D eigenvalue weighted by atomic mass is 10.2. The number of hydrogen-bond acceptors (Lipinski definition) is 3. The van der Waals surface area contributed by atoms with Crippen LogP contribution in [-0.2, 0) is 5.88 Å². The number of phenols is 1. The van der Waals surface area contributed by atoms with Gasteiger partial charge in [0.15, 0.2) is 11.5 Å². The Kier molecular flexibility index (Phi) is 3.25. The molecule has 1 rings (SSSR count). The van der Waals surface area contributed by atoms with E-state index in [9.17, 15) is 5.11 Å². The zero-order valence-corrected chi connectivity index (χ0v) is 8.26. The Bertz CT molecular complexity index is 299. The standard InChI is InChI=1S/C9H11ClO3/c1-12-8-4-3-7(11)6(5-10)9(8)13-2/h3-4,11H,5H2,1-2H3. The fourth-order valence-electron chi connectivity index (χ4n) is 1.11. The molecule has 0 unspecified atom stereocenters. The van der Waals surface area contributed by atoms with Crippen LogP contribution in [0.15, 0.2) is 12.1 Å². The molecule has 13 heavy (non-hydrogen) atoms. The van der Waals surface area contributed by atoms with Gasteiger partial charge in [0.25, 0.3) is 0 Å². The van der Waals surface area contributed by atoms with E-state index in [-0.39, 0.29) is 11.6 Å². The topological polar surface area (TPSA) is 38.7 Å². The third-order valence-corrected chi connectivity index (χ3v) is 2.02. The number of halogens is 1. The number of benzene rings is 1. The lowest BCUT2D eigenvalue weighted by molar-refractivity contribution is 0.348. The summed E-state index contributed by atoms with van der Waals surface area (Å²) in [6.45, 7) is 0. The quantitative estimate of drug-likeness (QED) is 0.764. The molecule has 1 N–H and O–H groups in total. The molecular weight excluding hydrogens is 192 g/mol. The number of ether oxygens (including phenoxy) is 2. The Labute approximate surface area is 81.9 Å². The van der Waals surface area contributed by atoms with Crippen molar-refractivity contribution in [1.82, 2.24) is 0 Å². The van der Waals surface area contributed by atoms with Crippen molar-refractivity contribution in [2.45, 2.75) is 5.88 Å². The minimum absolute atomic E-state index is 0.118. The molecule has 0 aliphatic rings. The molecule has 0 aliphatic carbocycles. The predicted molar refractivity (Wildman–Crippen MR) is 50.8 cm³/mol. The van der Waals surface area contributed by atoms with E-state index in [1.165, 1.54) is 20.3 Å². The first-order chi connectivity index (χ1) is 6.24. The fraction of sp³-hybridized carbons (Fsp3) is 0.333. The first kappa shape index (κ1) is 9.99. The minimum Gasteiger partial charge on any atom is -0.507 e. The molecule has 4 heteroatoms. The maximum absolute atomic E-state index is 9.42. The largest absolute Gasteiger partial charge is 0.507 e. The molecule has 0 heterocycles. The van der Waals surface area contributed by atoms with E-state index < -0.39 is 0 Å². The van der Waals surface area contributed by atoms with Gasteiger partial charge in [-0.05, 0) is 12.1 Å². The summed E-state index contributed by atoms with van der Waals surface area (Å²) in [5.41, 5.74) is 0.545. The van der Waals surface area contributed by atoms with E-state index in [1.807, 2.05) is 0 Å². The molecular formula is C9H11ClO3. The van der Waals surface area contributed by atoms with Crippen molar-refractivity contribution in [1.29, 1.82) is 0 Å². The van der Waals surface area contributed by atoms with Crippen LogP contribution < -0.4 is 9.47 Å². The van der Waals surface area contributed by atoms with Crippen LogP contribution in [0.1, 0.15) is 5.56 Å². The molecule has 0 bridgehead atoms. The summed E-state index contributed by atoms with van der Waals surface area (Å²) >= 11 is 5.65. The first-order valence-corrected chi connectivity index (χ1v) is 4.26. The average Bonchev–Trinajstić information content (AvgIpc) is 2.17. The normalized spacial score (nSPS) is 9.77. The van der Waals surface area contributed by atoms with Gasteiger partial charge in [0.2, 0.25) is 0 Å². The Morgan fingerprint density at radius 3 is 2.46 bits per heavy atom. The Morgan fingerprint density at radius 2 is 2.00 bits per heavy atom. The second-order valence-corrected chi connectivity index (χ2v) is 2.70. The van der Waals surface area contributed by atoms with Crippen molar-refractivity contribution in [3.05, 3.63) is 17.7 Å². The minimum atomic E-state index is 0.118. The summed E-state index contributed by atoms with van der Waals surface area (Å²) in [5.74, 6) is 1.35. The van der Waals surface area contributed by atoms with Gasteiger partial charge in [-0.15, -0.1) is 11.6 Å². The van der Waals surface area contributed by atoms with Crippen molar-refractivity contribution in [3.63, 3.8) is 0 Å². The summed E-state index contributed by atoms with van der Waals surface area (Å²) in [6.07, 6.45) is 0. The lowest BCUT2D eigenvalue weighted by Gasteiger charge is -2.11. The Hall–Kier alpha value is -1.09. The molecule has 0 amide bonds. The van der Waals surface area contributed by atoms with Crippen LogP contribution in [0.4, 0.5) is 0 Å². The molecule has 0 saturated heterocycles. The number of methoxy groups -OCH3 is 2. The third-order valence-electron chi connectivity index (χ3n) is 1.76. The summed E-state index contributed by atoms with van der Waals surface area (Å²) in [5, 5.41) is 9.42. The fourth-order valence-corrected chi connectivity index (χ4v) is 1.37. The monoisotopic (exact) mass is 202 g/mol. The number of rotatable bonds is 3. The second-order valence-electron chi connectivity index (χ2n) is 2.43. The van der Waals surface area contributed by atoms with E-state index in [0.717, 1.165) is 0 Å². The number of alkyl halides is 1. The van der Waals surface area contributed by atoms with Gasteiger partial charge in [0.05, 0.1) is 25.7 Å². The lowest BCUT2D eigenvalue weighted by Crippen LogP contribution is -1.94. The van der Waals surface area contributed by atoms with E-state index in [4.69, 9.17) is 21.1 Å². The number of hydrogen-bond donors (Lipinski definition) is 1. The molecule has 0 spiro atoms. The van der Waals surface area contributed by atoms with Gasteiger partial charge < -0.3 is 14.6 Å². The molecule has 1 aromatic rings. The van der Waals surface area contributed by atoms with Crippen molar-refractivity contribution < 1.29 is 14.6 Å². The van der Waals surface area contributed by atoms with Gasteiger partial charge in [-0.3, -0.25) is 0 Å². The number of aromatic hydroxyl groups is 1. The Balaban J connectivity index is 3.27. The molecule has 0 aliphatic heterocycles. The van der Waals surface area contributed by atoms with Gasteiger partial charge in [0.1, 0.15) is 5.75 Å². The molecule has 72 valence electrons. The molecule has 0 fully saturated rings. The third kappa shape index (κ3) is 1.80. The smallest absolute Gasteiger partial charge is 0.168 e. The highest BCUT2D eigenvalue weighted by molar-refractivity contribution is 6.17. The highest BCUT2D eigenvalue weighted by Gasteiger charge is 2.12. The Morgan fingerprint density at radius 1 is 1.31 bits per heavy atom. The summed E-state index contributed by atoms with van der Waals surface area (Å²) in [6, 6.07) is 3.16. The summed E-state index contributed by atoms with van der Waals surface area (Å²) in [7, 11) is 3.04. The van der Waals surface area contributed by atoms with Crippen molar-refractivity contribution >= 4 is 11.6 Å². The van der Waals surface area contributed by atoms with Gasteiger partial charge in [-0.25, -0.2) is 0 Å². The SMILES string of the molecule is COc1ccc(O)c(CCl)c1OC. The highest BCUT2D eigenvalue weighted by atomic mass is 35.5. The van der Waals surface area contributed by atoms with Crippen LogP contribution in [0, 0.1) is 0 Å². The first-order valence-electron chi connectivity index (χ1n) is 3.73. The van der Waals surface area contributed by atoms with Crippen LogP contribution in [0.3, 0.4) is 0 Å². The van der Waals surface area contributed by atoms with E-state index in [2.05, 4.69) is 0 Å². The van der Waals surface area contributed by atoms with Crippen molar-refractivity contribution in [2.75, 3.05) is 14.2 Å². The van der Waals surface area contributed by atoms with Crippen molar-refractivity contribution in [2.24, 2.45) is 0 Å². The molecule has 0 saturated carbocycles. The maximum atomic E-state index is 9.42.